The molecule has 1 heterocycles. The van der Waals surface area contributed by atoms with Gasteiger partial charge in [0.15, 0.2) is 16.4 Å². The van der Waals surface area contributed by atoms with Crippen molar-refractivity contribution >= 4 is 50.6 Å². The minimum atomic E-state index is -3.26. The van der Waals surface area contributed by atoms with E-state index in [1.54, 1.807) is 30.3 Å². The van der Waals surface area contributed by atoms with E-state index in [4.69, 9.17) is 4.74 Å². The van der Waals surface area contributed by atoms with Gasteiger partial charge in [0.1, 0.15) is 0 Å². The summed E-state index contributed by atoms with van der Waals surface area (Å²) >= 11 is 0. The molecule has 0 saturated carbocycles. The maximum absolute atomic E-state index is 13.0. The van der Waals surface area contributed by atoms with E-state index in [9.17, 15) is 27.6 Å². The summed E-state index contributed by atoms with van der Waals surface area (Å²) in [5.41, 5.74) is 1.04. The number of nitrogens with one attached hydrogen (secondary N) is 2. The van der Waals surface area contributed by atoms with E-state index in [0.29, 0.717) is 5.69 Å². The first-order chi connectivity index (χ1) is 16.0. The number of anilines is 3. The third-order valence-corrected chi connectivity index (χ3v) is 6.76. The normalized spacial score (nSPS) is 16.4. The van der Waals surface area contributed by atoms with Crippen LogP contribution in [0.5, 0.6) is 0 Å². The van der Waals surface area contributed by atoms with Gasteiger partial charge in [-0.1, -0.05) is 18.2 Å². The summed E-state index contributed by atoms with van der Waals surface area (Å²) in [5, 5.41) is 5.07. The van der Waals surface area contributed by atoms with E-state index in [0.717, 1.165) is 0 Å². The molecule has 0 spiro atoms. The van der Waals surface area contributed by atoms with Crippen molar-refractivity contribution in [3.05, 3.63) is 54.1 Å². The van der Waals surface area contributed by atoms with Gasteiger partial charge in [0.05, 0.1) is 23.1 Å². The lowest BCUT2D eigenvalue weighted by Gasteiger charge is -2.28. The average molecular weight is 488 g/mol. The Kier molecular flexibility index (Phi) is 7.67. The number of carbonyl (C=O) groups is 4. The van der Waals surface area contributed by atoms with E-state index in [1.807, 2.05) is 0 Å². The van der Waals surface area contributed by atoms with Crippen LogP contribution < -0.4 is 15.5 Å². The van der Waals surface area contributed by atoms with Crippen LogP contribution in [-0.4, -0.2) is 56.3 Å². The molecule has 34 heavy (non-hydrogen) atoms. The largest absolute Gasteiger partial charge is 0.452 e. The van der Waals surface area contributed by atoms with Crippen LogP contribution in [-0.2, 0) is 29.0 Å². The molecule has 2 N–H and O–H groups in total. The van der Waals surface area contributed by atoms with Gasteiger partial charge in [-0.15, -0.1) is 0 Å². The van der Waals surface area contributed by atoms with Crippen molar-refractivity contribution in [3.8, 4) is 0 Å². The summed E-state index contributed by atoms with van der Waals surface area (Å²) in [6, 6.07) is 12.2. The van der Waals surface area contributed by atoms with Crippen LogP contribution in [0.1, 0.15) is 30.6 Å². The highest BCUT2D eigenvalue weighted by atomic mass is 32.2. The van der Waals surface area contributed by atoms with Crippen molar-refractivity contribution in [2.45, 2.75) is 26.3 Å². The minimum absolute atomic E-state index is 0.0116. The molecule has 1 saturated heterocycles. The quantitative estimate of drug-likeness (QED) is 0.569. The smallest absolute Gasteiger partial charge is 0.338 e. The third kappa shape index (κ3) is 6.64. The van der Waals surface area contributed by atoms with Gasteiger partial charge < -0.3 is 20.3 Å². The lowest BCUT2D eigenvalue weighted by molar-refractivity contribution is -0.122. The molecule has 2 aromatic rings. The first-order valence-corrected chi connectivity index (χ1v) is 12.3. The number of rotatable bonds is 7. The number of esters is 1. The van der Waals surface area contributed by atoms with E-state index in [1.165, 1.54) is 36.9 Å². The highest BCUT2D eigenvalue weighted by Gasteiger charge is 2.35. The number of amides is 3. The van der Waals surface area contributed by atoms with Gasteiger partial charge in [-0.2, -0.15) is 0 Å². The molecule has 2 aromatic carbocycles. The predicted molar refractivity (Wildman–Crippen MR) is 126 cm³/mol. The molecule has 0 aromatic heterocycles. The first kappa shape index (κ1) is 24.9. The molecular weight excluding hydrogens is 462 g/mol. The van der Waals surface area contributed by atoms with Crippen molar-refractivity contribution < 1.29 is 32.3 Å². The average Bonchev–Trinajstić information content (AvgIpc) is 3.10. The first-order valence-electron chi connectivity index (χ1n) is 10.5. The zero-order valence-corrected chi connectivity index (χ0v) is 19.6. The lowest BCUT2D eigenvalue weighted by atomic mass is 10.1. The Morgan fingerprint density at radius 1 is 0.971 bits per heavy atom. The molecule has 180 valence electrons. The number of ether oxygens (including phenoxy) is 1. The SMILES string of the molecule is CC(=O)Nc1cc(NC(C)=O)cc(C(=O)OCC(=O)N(c2ccccc2)[C@H]2CCS(=O)(=O)C2)c1. The van der Waals surface area contributed by atoms with Crippen molar-refractivity contribution in [2.75, 3.05) is 33.6 Å². The number of carbonyl (C=O) groups excluding carboxylic acids is 4. The zero-order valence-electron chi connectivity index (χ0n) is 18.7. The second-order valence-electron chi connectivity index (χ2n) is 7.89. The fourth-order valence-electron chi connectivity index (χ4n) is 3.70. The molecular formula is C23H25N3O7S. The van der Waals surface area contributed by atoms with E-state index < -0.39 is 34.4 Å². The molecule has 0 bridgehead atoms. The molecule has 3 amide bonds. The molecule has 11 heteroatoms. The summed E-state index contributed by atoms with van der Waals surface area (Å²) in [7, 11) is -3.26. The van der Waals surface area contributed by atoms with Crippen LogP contribution in [0, 0.1) is 0 Å². The second-order valence-corrected chi connectivity index (χ2v) is 10.1. The van der Waals surface area contributed by atoms with Gasteiger partial charge >= 0.3 is 5.97 Å². The minimum Gasteiger partial charge on any atom is -0.452 e. The van der Waals surface area contributed by atoms with Gasteiger partial charge in [-0.05, 0) is 36.8 Å². The van der Waals surface area contributed by atoms with Crippen LogP contribution >= 0.6 is 0 Å². The van der Waals surface area contributed by atoms with Crippen LogP contribution in [0.25, 0.3) is 0 Å². The Balaban J connectivity index is 1.78. The van der Waals surface area contributed by atoms with E-state index >= 15 is 0 Å². The van der Waals surface area contributed by atoms with E-state index in [-0.39, 0.29) is 46.7 Å². The molecule has 1 atom stereocenters. The van der Waals surface area contributed by atoms with Crippen LogP contribution in [0.4, 0.5) is 17.1 Å². The maximum atomic E-state index is 13.0. The molecule has 3 rings (SSSR count). The number of benzene rings is 2. The second kappa shape index (κ2) is 10.5. The summed E-state index contributed by atoms with van der Waals surface area (Å²) < 4.78 is 29.2. The number of nitrogens with zero attached hydrogens (tertiary/aromatic N) is 1. The molecule has 0 radical (unpaired) electrons. The summed E-state index contributed by atoms with van der Waals surface area (Å²) in [4.78, 5) is 49.9. The van der Waals surface area contributed by atoms with Gasteiger partial charge in [-0.3, -0.25) is 14.4 Å². The molecule has 1 aliphatic heterocycles. The number of sulfone groups is 1. The Morgan fingerprint density at radius 3 is 2.06 bits per heavy atom. The molecule has 1 fully saturated rings. The Bertz CT molecular complexity index is 1180. The Hall–Kier alpha value is -3.73. The van der Waals surface area contributed by atoms with Crippen molar-refractivity contribution in [1.82, 2.24) is 0 Å². The summed E-state index contributed by atoms with van der Waals surface area (Å²) in [6.07, 6.45) is 0.287. The van der Waals surface area contributed by atoms with Crippen LogP contribution in [0.15, 0.2) is 48.5 Å². The third-order valence-electron chi connectivity index (χ3n) is 5.01. The van der Waals surface area contributed by atoms with Gasteiger partial charge in [0, 0.05) is 30.9 Å². The van der Waals surface area contributed by atoms with Crippen molar-refractivity contribution in [3.63, 3.8) is 0 Å². The highest BCUT2D eigenvalue weighted by Crippen LogP contribution is 2.25. The fraction of sp³-hybridized carbons (Fsp3) is 0.304. The summed E-state index contributed by atoms with van der Waals surface area (Å²) in [5.74, 6) is -2.35. The lowest BCUT2D eigenvalue weighted by Crippen LogP contribution is -2.43. The van der Waals surface area contributed by atoms with Crippen LogP contribution in [0.3, 0.4) is 0 Å². The molecule has 0 aliphatic carbocycles. The number of hydrogen-bond donors (Lipinski definition) is 2. The van der Waals surface area contributed by atoms with Crippen LogP contribution in [0.2, 0.25) is 0 Å². The van der Waals surface area contributed by atoms with Crippen molar-refractivity contribution in [2.24, 2.45) is 0 Å². The predicted octanol–water partition coefficient (Wildman–Crippen LogP) is 1.98. The summed E-state index contributed by atoms with van der Waals surface area (Å²) in [6.45, 7) is 1.97. The molecule has 10 nitrogen and oxygen atoms in total. The molecule has 1 aliphatic rings. The van der Waals surface area contributed by atoms with Gasteiger partial charge in [0.25, 0.3) is 5.91 Å². The highest BCUT2D eigenvalue weighted by molar-refractivity contribution is 7.91. The van der Waals surface area contributed by atoms with Crippen molar-refractivity contribution in [1.29, 1.82) is 0 Å². The Morgan fingerprint density at radius 2 is 1.56 bits per heavy atom. The number of hydrogen-bond acceptors (Lipinski definition) is 7. The number of para-hydroxylation sites is 1. The van der Waals surface area contributed by atoms with Gasteiger partial charge in [0.2, 0.25) is 11.8 Å². The van der Waals surface area contributed by atoms with E-state index in [2.05, 4.69) is 10.6 Å². The standard InChI is InChI=1S/C23H25N3O7S/c1-15(27)24-18-10-17(11-19(12-18)25-16(2)28)23(30)33-13-22(29)26(20-6-4-3-5-7-20)21-8-9-34(31,32)14-21/h3-7,10-12,21H,8-9,13-14H2,1-2H3,(H,24,27)(H,25,28)/t21-/m0/s1. The maximum Gasteiger partial charge on any atom is 0.338 e. The topological polar surface area (TPSA) is 139 Å². The fourth-order valence-corrected chi connectivity index (χ4v) is 5.40. The van der Waals surface area contributed by atoms with Gasteiger partial charge in [-0.25, -0.2) is 13.2 Å². The molecule has 0 unspecified atom stereocenters. The monoisotopic (exact) mass is 487 g/mol. The zero-order chi connectivity index (χ0) is 24.9. The Labute approximate surface area is 197 Å².